The van der Waals surface area contributed by atoms with Crippen LogP contribution in [0.3, 0.4) is 0 Å². The maximum atomic E-state index is 12.0. The van der Waals surface area contributed by atoms with Gasteiger partial charge in [0.25, 0.3) is 0 Å². The van der Waals surface area contributed by atoms with Crippen LogP contribution in [0.4, 0.5) is 5.69 Å². The summed E-state index contributed by atoms with van der Waals surface area (Å²) in [5, 5.41) is 11.7. The molecule has 0 heterocycles. The molecule has 6 heteroatoms. The molecule has 1 saturated carbocycles. The Bertz CT molecular complexity index is 544. The van der Waals surface area contributed by atoms with E-state index in [0.717, 1.165) is 28.6 Å². The maximum absolute atomic E-state index is 12.0. The van der Waals surface area contributed by atoms with E-state index in [-0.39, 0.29) is 19.0 Å². The van der Waals surface area contributed by atoms with Crippen LogP contribution >= 0.6 is 15.9 Å². The predicted molar refractivity (Wildman–Crippen MR) is 84.3 cm³/mol. The first-order valence-electron chi connectivity index (χ1n) is 6.94. The third kappa shape index (κ3) is 5.47. The van der Waals surface area contributed by atoms with E-state index in [1.165, 1.54) is 0 Å². The highest BCUT2D eigenvalue weighted by Gasteiger charge is 2.26. The first-order valence-corrected chi connectivity index (χ1v) is 7.73. The van der Waals surface area contributed by atoms with Crippen LogP contribution in [0.25, 0.3) is 0 Å². The van der Waals surface area contributed by atoms with E-state index in [1.54, 1.807) is 4.90 Å². The summed E-state index contributed by atoms with van der Waals surface area (Å²) in [5.41, 5.74) is 1.76. The van der Waals surface area contributed by atoms with Crippen LogP contribution in [0.15, 0.2) is 22.7 Å². The highest BCUT2D eigenvalue weighted by Crippen LogP contribution is 2.29. The number of nitrogens with zero attached hydrogens (tertiary/aromatic N) is 1. The number of carboxylic acids is 1. The summed E-state index contributed by atoms with van der Waals surface area (Å²) in [6, 6.07) is 5.58. The summed E-state index contributed by atoms with van der Waals surface area (Å²) >= 11 is 3.41. The lowest BCUT2D eigenvalue weighted by atomic mass is 10.2. The van der Waals surface area contributed by atoms with Crippen LogP contribution < -0.4 is 5.32 Å². The van der Waals surface area contributed by atoms with Crippen molar-refractivity contribution in [2.45, 2.75) is 19.8 Å². The molecule has 0 saturated heterocycles. The molecule has 0 bridgehead atoms. The lowest BCUT2D eigenvalue weighted by Crippen LogP contribution is -2.38. The van der Waals surface area contributed by atoms with Gasteiger partial charge in [-0.2, -0.15) is 0 Å². The third-order valence-electron chi connectivity index (χ3n) is 3.38. The highest BCUT2D eigenvalue weighted by molar-refractivity contribution is 9.10. The van der Waals surface area contributed by atoms with Crippen molar-refractivity contribution >= 4 is 33.5 Å². The van der Waals surface area contributed by atoms with Gasteiger partial charge < -0.3 is 10.4 Å². The second-order valence-corrected chi connectivity index (χ2v) is 6.37. The van der Waals surface area contributed by atoms with Crippen LogP contribution in [0.5, 0.6) is 0 Å². The molecular weight excluding hydrogens is 336 g/mol. The Morgan fingerprint density at radius 2 is 2.10 bits per heavy atom. The van der Waals surface area contributed by atoms with Gasteiger partial charge in [0.05, 0.1) is 13.1 Å². The van der Waals surface area contributed by atoms with Crippen molar-refractivity contribution in [2.24, 2.45) is 5.92 Å². The summed E-state index contributed by atoms with van der Waals surface area (Å²) in [5.74, 6) is -0.534. The molecule has 2 N–H and O–H groups in total. The molecule has 0 atom stereocenters. The molecule has 0 radical (unpaired) electrons. The topological polar surface area (TPSA) is 69.6 Å². The average molecular weight is 355 g/mol. The summed E-state index contributed by atoms with van der Waals surface area (Å²) in [6.45, 7) is 2.64. The van der Waals surface area contributed by atoms with Crippen LogP contribution in [-0.4, -0.2) is 41.5 Å². The van der Waals surface area contributed by atoms with Gasteiger partial charge in [-0.15, -0.1) is 0 Å². The first-order chi connectivity index (χ1) is 9.94. The Kier molecular flexibility index (Phi) is 5.36. The fourth-order valence-electron chi connectivity index (χ4n) is 2.17. The minimum absolute atomic E-state index is 0.0940. The number of benzene rings is 1. The monoisotopic (exact) mass is 354 g/mol. The number of carboxylic acid groups (broad SMARTS) is 1. The molecule has 0 unspecified atom stereocenters. The number of carbonyl (C=O) groups is 2. The van der Waals surface area contributed by atoms with E-state index in [9.17, 15) is 9.59 Å². The summed E-state index contributed by atoms with van der Waals surface area (Å²) < 4.78 is 0.988. The number of anilines is 1. The SMILES string of the molecule is Cc1cc(NC(=O)CN(CC(=O)O)CC2CC2)ccc1Br. The lowest BCUT2D eigenvalue weighted by molar-refractivity contribution is -0.138. The van der Waals surface area contributed by atoms with Gasteiger partial charge >= 0.3 is 5.97 Å². The summed E-state index contributed by atoms with van der Waals surface area (Å²) in [4.78, 5) is 24.6. The van der Waals surface area contributed by atoms with E-state index in [0.29, 0.717) is 12.5 Å². The van der Waals surface area contributed by atoms with Crippen molar-refractivity contribution in [2.75, 3.05) is 25.0 Å². The molecule has 0 aromatic heterocycles. The first kappa shape index (κ1) is 16.0. The molecule has 0 aliphatic heterocycles. The molecule has 1 aromatic rings. The summed E-state index contributed by atoms with van der Waals surface area (Å²) in [7, 11) is 0. The van der Waals surface area contributed by atoms with Crippen LogP contribution in [0, 0.1) is 12.8 Å². The van der Waals surface area contributed by atoms with E-state index in [1.807, 2.05) is 25.1 Å². The molecule has 1 aromatic carbocycles. The van der Waals surface area contributed by atoms with E-state index >= 15 is 0 Å². The Labute approximate surface area is 132 Å². The molecule has 0 spiro atoms. The van der Waals surface area contributed by atoms with Crippen LogP contribution in [-0.2, 0) is 9.59 Å². The fraction of sp³-hybridized carbons (Fsp3) is 0.467. The van der Waals surface area contributed by atoms with Gasteiger partial charge in [-0.3, -0.25) is 14.5 Å². The average Bonchev–Trinajstić information content (AvgIpc) is 3.16. The second-order valence-electron chi connectivity index (χ2n) is 5.52. The molecule has 1 aliphatic carbocycles. The number of aryl methyl sites for hydroxylation is 1. The normalized spacial score (nSPS) is 14.2. The summed E-state index contributed by atoms with van der Waals surface area (Å²) in [6.07, 6.45) is 2.26. The number of nitrogens with one attached hydrogen (secondary N) is 1. The number of halogens is 1. The van der Waals surface area contributed by atoms with Gasteiger partial charge in [-0.1, -0.05) is 15.9 Å². The van der Waals surface area contributed by atoms with Crippen molar-refractivity contribution in [3.63, 3.8) is 0 Å². The molecule has 1 fully saturated rings. The maximum Gasteiger partial charge on any atom is 0.317 e. The Hall–Kier alpha value is -1.40. The van der Waals surface area contributed by atoms with Crippen LogP contribution in [0.2, 0.25) is 0 Å². The van der Waals surface area contributed by atoms with E-state index in [4.69, 9.17) is 5.11 Å². The zero-order valence-corrected chi connectivity index (χ0v) is 13.5. The number of amides is 1. The lowest BCUT2D eigenvalue weighted by Gasteiger charge is -2.19. The van der Waals surface area contributed by atoms with Crippen molar-refractivity contribution in [1.29, 1.82) is 0 Å². The van der Waals surface area contributed by atoms with Gasteiger partial charge in [-0.05, 0) is 49.4 Å². The Morgan fingerprint density at radius 1 is 1.38 bits per heavy atom. The minimum Gasteiger partial charge on any atom is -0.480 e. The van der Waals surface area contributed by atoms with Gasteiger partial charge in [0.1, 0.15) is 0 Å². The molecule has 114 valence electrons. The Balaban J connectivity index is 1.90. The van der Waals surface area contributed by atoms with Gasteiger partial charge in [0.2, 0.25) is 5.91 Å². The molecule has 1 amide bonds. The standard InChI is InChI=1S/C15H19BrN2O3/c1-10-6-12(4-5-13(10)16)17-14(19)8-18(9-15(20)21)7-11-2-3-11/h4-6,11H,2-3,7-9H2,1H3,(H,17,19)(H,20,21). The molecule has 5 nitrogen and oxygen atoms in total. The number of hydrogen-bond donors (Lipinski definition) is 2. The highest BCUT2D eigenvalue weighted by atomic mass is 79.9. The van der Waals surface area contributed by atoms with Gasteiger partial charge in [-0.25, -0.2) is 0 Å². The second kappa shape index (κ2) is 7.04. The molecule has 21 heavy (non-hydrogen) atoms. The van der Waals surface area contributed by atoms with Crippen molar-refractivity contribution < 1.29 is 14.7 Å². The van der Waals surface area contributed by atoms with E-state index in [2.05, 4.69) is 21.2 Å². The zero-order valence-electron chi connectivity index (χ0n) is 11.9. The smallest absolute Gasteiger partial charge is 0.317 e. The molecule has 2 rings (SSSR count). The number of hydrogen-bond acceptors (Lipinski definition) is 3. The predicted octanol–water partition coefficient (Wildman–Crippen LogP) is 2.49. The molecule has 1 aliphatic rings. The third-order valence-corrected chi connectivity index (χ3v) is 4.27. The largest absolute Gasteiger partial charge is 0.480 e. The van der Waals surface area contributed by atoms with Crippen LogP contribution in [0.1, 0.15) is 18.4 Å². The van der Waals surface area contributed by atoms with Crippen molar-refractivity contribution in [3.05, 3.63) is 28.2 Å². The zero-order chi connectivity index (χ0) is 15.4. The number of aliphatic carboxylic acids is 1. The minimum atomic E-state index is -0.900. The van der Waals surface area contributed by atoms with Crippen molar-refractivity contribution in [1.82, 2.24) is 4.90 Å². The van der Waals surface area contributed by atoms with E-state index < -0.39 is 5.97 Å². The quantitative estimate of drug-likeness (QED) is 0.789. The van der Waals surface area contributed by atoms with Gasteiger partial charge in [0.15, 0.2) is 0 Å². The van der Waals surface area contributed by atoms with Gasteiger partial charge in [0, 0.05) is 16.7 Å². The number of rotatable bonds is 7. The number of carbonyl (C=O) groups excluding carboxylic acids is 1. The molecular formula is C15H19BrN2O3. The Morgan fingerprint density at radius 3 is 2.67 bits per heavy atom. The van der Waals surface area contributed by atoms with Crippen molar-refractivity contribution in [3.8, 4) is 0 Å². The fourth-order valence-corrected chi connectivity index (χ4v) is 2.41.